The first-order valence-electron chi connectivity index (χ1n) is 8.90. The van der Waals surface area contributed by atoms with Crippen molar-refractivity contribution < 1.29 is 9.59 Å². The average Bonchev–Trinajstić information content (AvgIpc) is 3.32. The van der Waals surface area contributed by atoms with Crippen molar-refractivity contribution in [2.75, 3.05) is 6.54 Å². The van der Waals surface area contributed by atoms with Crippen molar-refractivity contribution in [2.45, 2.75) is 25.4 Å². The Morgan fingerprint density at radius 3 is 2.70 bits per heavy atom. The molecular weight excluding hydrogens is 360 g/mol. The fourth-order valence-corrected chi connectivity index (χ4v) is 4.53. The molecule has 0 saturated carbocycles. The first-order chi connectivity index (χ1) is 13.1. The maximum Gasteiger partial charge on any atom is 0.312 e. The molecule has 3 amide bonds. The molecule has 1 atom stereocenters. The van der Waals surface area contributed by atoms with Gasteiger partial charge in [-0.05, 0) is 42.7 Å². The molecule has 1 aliphatic heterocycles. The Morgan fingerprint density at radius 2 is 1.96 bits per heavy atom. The lowest BCUT2D eigenvalue weighted by atomic mass is 10.1. The molecule has 0 spiro atoms. The molecule has 1 aliphatic rings. The van der Waals surface area contributed by atoms with Crippen molar-refractivity contribution in [2.24, 2.45) is 5.73 Å². The molecule has 4 rings (SSSR count). The highest BCUT2D eigenvalue weighted by Crippen LogP contribution is 2.37. The summed E-state index contributed by atoms with van der Waals surface area (Å²) in [4.78, 5) is 30.5. The van der Waals surface area contributed by atoms with E-state index in [-0.39, 0.29) is 11.9 Å². The smallest absolute Gasteiger partial charge is 0.312 e. The minimum absolute atomic E-state index is 0.0196. The lowest BCUT2D eigenvalue weighted by molar-refractivity contribution is 0.0735. The van der Waals surface area contributed by atoms with E-state index in [0.29, 0.717) is 12.1 Å². The van der Waals surface area contributed by atoms with Crippen LogP contribution in [0, 0.1) is 0 Å². The van der Waals surface area contributed by atoms with Crippen LogP contribution in [0.15, 0.2) is 48.5 Å². The first-order valence-corrected chi connectivity index (χ1v) is 9.72. The number of para-hydroxylation sites is 1. The summed E-state index contributed by atoms with van der Waals surface area (Å²) in [7, 11) is 0. The topological polar surface area (TPSA) is 88.3 Å². The number of primary amides is 1. The van der Waals surface area contributed by atoms with Gasteiger partial charge in [-0.3, -0.25) is 4.79 Å². The number of hydrogen-bond acceptors (Lipinski definition) is 4. The van der Waals surface area contributed by atoms with Crippen molar-refractivity contribution in [1.29, 1.82) is 0 Å². The summed E-state index contributed by atoms with van der Waals surface area (Å²) < 4.78 is 1.15. The van der Waals surface area contributed by atoms with Crippen molar-refractivity contribution in [3.8, 4) is 0 Å². The zero-order valence-corrected chi connectivity index (χ0v) is 15.5. The monoisotopic (exact) mass is 380 g/mol. The zero-order chi connectivity index (χ0) is 18.8. The molecule has 2 heterocycles. The van der Waals surface area contributed by atoms with Crippen LogP contribution in [0.4, 0.5) is 4.79 Å². The van der Waals surface area contributed by atoms with Crippen LogP contribution in [0.1, 0.15) is 39.8 Å². The molecule has 1 saturated heterocycles. The molecule has 1 fully saturated rings. The minimum atomic E-state index is -0.564. The number of aromatic nitrogens is 1. The summed E-state index contributed by atoms with van der Waals surface area (Å²) in [5.74, 6) is 0.0196. The molecule has 1 aromatic heterocycles. The number of nitrogens with one attached hydrogen (secondary N) is 1. The zero-order valence-electron chi connectivity index (χ0n) is 14.7. The summed E-state index contributed by atoms with van der Waals surface area (Å²) in [6.07, 6.45) is 1.92. The number of fused-ring (bicyclic) bond motifs is 1. The third-order valence-corrected chi connectivity index (χ3v) is 5.91. The van der Waals surface area contributed by atoms with Gasteiger partial charge in [-0.2, -0.15) is 0 Å². The molecule has 6 nitrogen and oxygen atoms in total. The SMILES string of the molecule is NC(=O)NCc1ccc(C(=O)N2CCCC2c2nc3ccccc3s2)cc1. The molecule has 0 bridgehead atoms. The van der Waals surface area contributed by atoms with Crippen molar-refractivity contribution in [3.63, 3.8) is 0 Å². The standard InChI is InChI=1S/C20H20N4O2S/c21-20(26)22-12-13-7-9-14(10-8-13)19(25)24-11-3-5-16(24)18-23-15-4-1-2-6-17(15)27-18/h1-2,4,6-10,16H,3,5,11-12H2,(H3,21,22,26). The van der Waals surface area contributed by atoms with Crippen molar-refractivity contribution in [1.82, 2.24) is 15.2 Å². The number of benzene rings is 2. The highest BCUT2D eigenvalue weighted by Gasteiger charge is 2.32. The molecular formula is C20H20N4O2S. The molecule has 27 heavy (non-hydrogen) atoms. The van der Waals surface area contributed by atoms with Gasteiger partial charge in [0.1, 0.15) is 5.01 Å². The van der Waals surface area contributed by atoms with Crippen LogP contribution in [-0.2, 0) is 6.54 Å². The molecule has 7 heteroatoms. The van der Waals surface area contributed by atoms with E-state index in [4.69, 9.17) is 10.7 Å². The second-order valence-corrected chi connectivity index (χ2v) is 7.65. The number of rotatable bonds is 4. The Morgan fingerprint density at radius 1 is 1.19 bits per heavy atom. The predicted molar refractivity (Wildman–Crippen MR) is 105 cm³/mol. The number of urea groups is 1. The lowest BCUT2D eigenvalue weighted by Gasteiger charge is -2.23. The maximum atomic E-state index is 13.0. The van der Waals surface area contributed by atoms with Crippen LogP contribution < -0.4 is 11.1 Å². The minimum Gasteiger partial charge on any atom is -0.352 e. The third kappa shape index (κ3) is 3.64. The first kappa shape index (κ1) is 17.5. The Labute approximate surface area is 161 Å². The van der Waals surface area contributed by atoms with Crippen LogP contribution in [-0.4, -0.2) is 28.4 Å². The van der Waals surface area contributed by atoms with E-state index in [0.717, 1.165) is 40.2 Å². The van der Waals surface area contributed by atoms with Gasteiger partial charge in [0.05, 0.1) is 16.3 Å². The van der Waals surface area contributed by atoms with Gasteiger partial charge in [0.25, 0.3) is 5.91 Å². The van der Waals surface area contributed by atoms with E-state index in [9.17, 15) is 9.59 Å². The molecule has 0 aliphatic carbocycles. The number of carbonyl (C=O) groups is 2. The van der Waals surface area contributed by atoms with E-state index in [1.165, 1.54) is 0 Å². The summed E-state index contributed by atoms with van der Waals surface area (Å²) in [6.45, 7) is 1.09. The van der Waals surface area contributed by atoms with Crippen LogP contribution in [0.25, 0.3) is 10.2 Å². The lowest BCUT2D eigenvalue weighted by Crippen LogP contribution is -2.30. The number of nitrogens with two attached hydrogens (primary N) is 1. The van der Waals surface area contributed by atoms with Crippen LogP contribution >= 0.6 is 11.3 Å². The van der Waals surface area contributed by atoms with E-state index in [1.54, 1.807) is 23.5 Å². The molecule has 2 aromatic carbocycles. The summed E-state index contributed by atoms with van der Waals surface area (Å²) >= 11 is 1.67. The van der Waals surface area contributed by atoms with Crippen LogP contribution in [0.5, 0.6) is 0 Å². The Balaban J connectivity index is 1.52. The Bertz CT molecular complexity index is 950. The molecule has 3 N–H and O–H groups in total. The van der Waals surface area contributed by atoms with Gasteiger partial charge in [0, 0.05) is 18.7 Å². The van der Waals surface area contributed by atoms with Gasteiger partial charge in [-0.25, -0.2) is 9.78 Å². The number of amides is 3. The van der Waals surface area contributed by atoms with Gasteiger partial charge in [-0.15, -0.1) is 11.3 Å². The van der Waals surface area contributed by atoms with E-state index >= 15 is 0 Å². The molecule has 138 valence electrons. The maximum absolute atomic E-state index is 13.0. The number of nitrogens with zero attached hydrogens (tertiary/aromatic N) is 2. The fraction of sp³-hybridized carbons (Fsp3) is 0.250. The molecule has 3 aromatic rings. The predicted octanol–water partition coefficient (Wildman–Crippen LogP) is 3.44. The average molecular weight is 380 g/mol. The second kappa shape index (κ2) is 7.36. The molecule has 1 unspecified atom stereocenters. The van der Waals surface area contributed by atoms with E-state index in [2.05, 4.69) is 11.4 Å². The number of hydrogen-bond donors (Lipinski definition) is 2. The van der Waals surface area contributed by atoms with Crippen LogP contribution in [0.3, 0.4) is 0 Å². The highest BCUT2D eigenvalue weighted by molar-refractivity contribution is 7.18. The summed E-state index contributed by atoms with van der Waals surface area (Å²) in [6, 6.07) is 14.8. The highest BCUT2D eigenvalue weighted by atomic mass is 32.1. The molecule has 0 radical (unpaired) electrons. The normalized spacial score (nSPS) is 16.6. The largest absolute Gasteiger partial charge is 0.352 e. The fourth-order valence-electron chi connectivity index (χ4n) is 3.42. The second-order valence-electron chi connectivity index (χ2n) is 6.59. The number of likely N-dealkylation sites (tertiary alicyclic amines) is 1. The van der Waals surface area contributed by atoms with E-state index in [1.807, 2.05) is 35.2 Å². The van der Waals surface area contributed by atoms with Gasteiger partial charge < -0.3 is 16.0 Å². The van der Waals surface area contributed by atoms with Crippen molar-refractivity contribution in [3.05, 3.63) is 64.7 Å². The quantitative estimate of drug-likeness (QED) is 0.727. The van der Waals surface area contributed by atoms with Gasteiger partial charge >= 0.3 is 6.03 Å². The van der Waals surface area contributed by atoms with Gasteiger partial charge in [0.2, 0.25) is 0 Å². The number of thiazole rings is 1. The summed E-state index contributed by atoms with van der Waals surface area (Å²) in [5.41, 5.74) is 7.61. The van der Waals surface area contributed by atoms with Gasteiger partial charge in [-0.1, -0.05) is 24.3 Å². The summed E-state index contributed by atoms with van der Waals surface area (Å²) in [5, 5.41) is 3.55. The van der Waals surface area contributed by atoms with Gasteiger partial charge in [0.15, 0.2) is 0 Å². The Hall–Kier alpha value is -2.93. The third-order valence-electron chi connectivity index (χ3n) is 4.78. The Kier molecular flexibility index (Phi) is 4.77. The van der Waals surface area contributed by atoms with E-state index < -0.39 is 6.03 Å². The van der Waals surface area contributed by atoms with Crippen LogP contribution in [0.2, 0.25) is 0 Å². The van der Waals surface area contributed by atoms with Crippen molar-refractivity contribution >= 4 is 33.5 Å². The number of carbonyl (C=O) groups excluding carboxylic acids is 2.